The third-order valence-electron chi connectivity index (χ3n) is 5.08. The molecule has 1 saturated heterocycles. The summed E-state index contributed by atoms with van der Waals surface area (Å²) in [6, 6.07) is 7.91. The van der Waals surface area contributed by atoms with Crippen molar-refractivity contribution in [2.75, 3.05) is 20.2 Å². The number of amides is 1. The van der Waals surface area contributed by atoms with Crippen molar-refractivity contribution in [1.82, 2.24) is 9.88 Å². The number of nitrogens with two attached hydrogens (primary N) is 1. The van der Waals surface area contributed by atoms with Crippen molar-refractivity contribution in [2.24, 2.45) is 11.7 Å². The van der Waals surface area contributed by atoms with Crippen LogP contribution in [0.2, 0.25) is 0 Å². The van der Waals surface area contributed by atoms with E-state index in [-0.39, 0.29) is 23.7 Å². The fourth-order valence-electron chi connectivity index (χ4n) is 3.52. The molecule has 0 bridgehead atoms. The van der Waals surface area contributed by atoms with Crippen LogP contribution in [0.3, 0.4) is 0 Å². The fraction of sp³-hybridized carbons (Fsp3) is 0.429. The lowest BCUT2D eigenvalue weighted by Crippen LogP contribution is -2.23. The molecule has 1 aliphatic heterocycles. The predicted molar refractivity (Wildman–Crippen MR) is 103 cm³/mol. The number of nitrogens with zero attached hydrogens (tertiary/aromatic N) is 2. The molecule has 1 fully saturated rings. The van der Waals surface area contributed by atoms with Gasteiger partial charge in [-0.05, 0) is 62.1 Å². The number of carbonyl (C=O) groups excluding carboxylic acids is 1. The molecular weight excluding hydrogens is 345 g/mol. The summed E-state index contributed by atoms with van der Waals surface area (Å²) < 4.78 is 19.4. The van der Waals surface area contributed by atoms with Gasteiger partial charge in [0.15, 0.2) is 0 Å². The smallest absolute Gasteiger partial charge is 0.225 e. The maximum absolute atomic E-state index is 13.8. The predicted octanol–water partition coefficient (Wildman–Crippen LogP) is 3.54. The van der Waals surface area contributed by atoms with Crippen LogP contribution in [0.15, 0.2) is 36.5 Å². The Balaban J connectivity index is 1.75. The van der Waals surface area contributed by atoms with Gasteiger partial charge in [-0.1, -0.05) is 0 Å². The highest BCUT2D eigenvalue weighted by molar-refractivity contribution is 5.80. The molecule has 2 N–H and O–H groups in total. The molecule has 1 amide bonds. The van der Waals surface area contributed by atoms with Crippen molar-refractivity contribution >= 4 is 5.91 Å². The van der Waals surface area contributed by atoms with Crippen LogP contribution in [-0.2, 0) is 4.79 Å². The summed E-state index contributed by atoms with van der Waals surface area (Å²) in [4.78, 5) is 18.2. The molecule has 0 radical (unpaired) electrons. The van der Waals surface area contributed by atoms with Crippen LogP contribution in [0, 0.1) is 11.7 Å². The number of benzene rings is 1. The molecule has 2 aromatic rings. The van der Waals surface area contributed by atoms with E-state index in [1.54, 1.807) is 17.2 Å². The van der Waals surface area contributed by atoms with Crippen molar-refractivity contribution in [1.29, 1.82) is 0 Å². The van der Waals surface area contributed by atoms with Crippen LogP contribution in [0.1, 0.15) is 37.9 Å². The van der Waals surface area contributed by atoms with E-state index in [0.717, 1.165) is 30.6 Å². The highest BCUT2D eigenvalue weighted by Crippen LogP contribution is 2.32. The summed E-state index contributed by atoms with van der Waals surface area (Å²) in [6.07, 6.45) is 4.00. The van der Waals surface area contributed by atoms with E-state index < -0.39 is 0 Å². The van der Waals surface area contributed by atoms with Crippen molar-refractivity contribution in [2.45, 2.75) is 32.2 Å². The lowest BCUT2D eigenvalue weighted by atomic mass is 9.96. The van der Waals surface area contributed by atoms with Gasteiger partial charge in [-0.25, -0.2) is 4.39 Å². The maximum Gasteiger partial charge on any atom is 0.225 e. The fourth-order valence-corrected chi connectivity index (χ4v) is 3.52. The molecule has 144 valence electrons. The molecule has 1 aromatic carbocycles. The lowest BCUT2D eigenvalue weighted by Gasteiger charge is -2.16. The Morgan fingerprint density at radius 2 is 2.19 bits per heavy atom. The number of likely N-dealkylation sites (tertiary alicyclic amines) is 1. The minimum Gasteiger partial charge on any atom is -0.493 e. The SMILES string of the molecule is CCOc1ccc(F)cc1-c1ccnc([C@H](N)CC[C@@H]2CCN(C)C2=O)c1. The number of carbonyl (C=O) groups is 1. The second-order valence-electron chi connectivity index (χ2n) is 6.97. The second kappa shape index (κ2) is 8.48. The molecule has 0 unspecified atom stereocenters. The second-order valence-corrected chi connectivity index (χ2v) is 6.97. The number of hydrogen-bond acceptors (Lipinski definition) is 4. The Morgan fingerprint density at radius 3 is 2.89 bits per heavy atom. The van der Waals surface area contributed by atoms with Crippen LogP contribution >= 0.6 is 0 Å². The zero-order valence-electron chi connectivity index (χ0n) is 15.8. The quantitative estimate of drug-likeness (QED) is 0.808. The van der Waals surface area contributed by atoms with E-state index in [9.17, 15) is 9.18 Å². The first kappa shape index (κ1) is 19.3. The van der Waals surface area contributed by atoms with Gasteiger partial charge in [0, 0.05) is 37.3 Å². The highest BCUT2D eigenvalue weighted by atomic mass is 19.1. The number of pyridine rings is 1. The molecular formula is C21H26FN3O2. The first-order valence-corrected chi connectivity index (χ1v) is 9.38. The monoisotopic (exact) mass is 371 g/mol. The van der Waals surface area contributed by atoms with Gasteiger partial charge in [-0.15, -0.1) is 0 Å². The summed E-state index contributed by atoms with van der Waals surface area (Å²) in [5.41, 5.74) is 8.56. The topological polar surface area (TPSA) is 68.5 Å². The van der Waals surface area contributed by atoms with Crippen LogP contribution in [0.25, 0.3) is 11.1 Å². The summed E-state index contributed by atoms with van der Waals surface area (Å²) in [7, 11) is 1.84. The molecule has 2 heterocycles. The third kappa shape index (κ3) is 4.45. The van der Waals surface area contributed by atoms with E-state index in [0.29, 0.717) is 24.3 Å². The lowest BCUT2D eigenvalue weighted by molar-refractivity contribution is -0.130. The van der Waals surface area contributed by atoms with Crippen molar-refractivity contribution in [3.8, 4) is 16.9 Å². The molecule has 27 heavy (non-hydrogen) atoms. The van der Waals surface area contributed by atoms with Crippen LogP contribution in [-0.4, -0.2) is 36.0 Å². The van der Waals surface area contributed by atoms with E-state index in [1.165, 1.54) is 12.1 Å². The van der Waals surface area contributed by atoms with Crippen LogP contribution < -0.4 is 10.5 Å². The van der Waals surface area contributed by atoms with Gasteiger partial charge in [0.2, 0.25) is 5.91 Å². The average Bonchev–Trinajstić information content (AvgIpc) is 2.99. The average molecular weight is 371 g/mol. The Kier molecular flexibility index (Phi) is 6.06. The Labute approximate surface area is 159 Å². The zero-order chi connectivity index (χ0) is 19.4. The van der Waals surface area contributed by atoms with Crippen LogP contribution in [0.5, 0.6) is 5.75 Å². The molecule has 2 atom stereocenters. The summed E-state index contributed by atoms with van der Waals surface area (Å²) in [5.74, 6) is 0.561. The minimum atomic E-state index is -0.319. The number of halogens is 1. The summed E-state index contributed by atoms with van der Waals surface area (Å²) in [6.45, 7) is 3.20. The standard InChI is InChI=1S/C21H26FN3O2/c1-3-27-20-7-5-16(22)13-17(20)15-8-10-24-19(12-15)18(23)6-4-14-9-11-25(2)21(14)26/h5,7-8,10,12-14,18H,3-4,6,9,11,23H2,1-2H3/t14-,18-/m1/s1. The maximum atomic E-state index is 13.8. The molecule has 0 aliphatic carbocycles. The first-order chi connectivity index (χ1) is 13.0. The highest BCUT2D eigenvalue weighted by Gasteiger charge is 2.29. The van der Waals surface area contributed by atoms with Gasteiger partial charge >= 0.3 is 0 Å². The molecule has 0 spiro atoms. The van der Waals surface area contributed by atoms with Gasteiger partial charge < -0.3 is 15.4 Å². The Hall–Kier alpha value is -2.47. The molecule has 5 nitrogen and oxygen atoms in total. The van der Waals surface area contributed by atoms with E-state index in [4.69, 9.17) is 10.5 Å². The largest absolute Gasteiger partial charge is 0.493 e. The summed E-state index contributed by atoms with van der Waals surface area (Å²) >= 11 is 0. The van der Waals surface area contributed by atoms with Crippen molar-refractivity contribution in [3.63, 3.8) is 0 Å². The number of ether oxygens (including phenoxy) is 1. The molecule has 1 aliphatic rings. The molecule has 3 rings (SSSR count). The third-order valence-corrected chi connectivity index (χ3v) is 5.08. The Morgan fingerprint density at radius 1 is 1.37 bits per heavy atom. The van der Waals surface area contributed by atoms with E-state index in [2.05, 4.69) is 4.98 Å². The van der Waals surface area contributed by atoms with Crippen LogP contribution in [0.4, 0.5) is 4.39 Å². The summed E-state index contributed by atoms with van der Waals surface area (Å²) in [5, 5.41) is 0. The van der Waals surface area contributed by atoms with Gasteiger partial charge in [0.25, 0.3) is 0 Å². The Bertz CT molecular complexity index is 812. The van der Waals surface area contributed by atoms with Gasteiger partial charge in [-0.3, -0.25) is 9.78 Å². The van der Waals surface area contributed by atoms with Gasteiger partial charge in [0.05, 0.1) is 12.3 Å². The van der Waals surface area contributed by atoms with Crippen molar-refractivity contribution in [3.05, 3.63) is 48.0 Å². The molecule has 0 saturated carbocycles. The molecule has 1 aromatic heterocycles. The zero-order valence-corrected chi connectivity index (χ0v) is 15.8. The number of aromatic nitrogens is 1. The van der Waals surface area contributed by atoms with E-state index >= 15 is 0 Å². The van der Waals surface area contributed by atoms with E-state index in [1.807, 2.05) is 26.1 Å². The minimum absolute atomic E-state index is 0.0528. The van der Waals surface area contributed by atoms with Gasteiger partial charge in [0.1, 0.15) is 11.6 Å². The van der Waals surface area contributed by atoms with Gasteiger partial charge in [-0.2, -0.15) is 0 Å². The first-order valence-electron chi connectivity index (χ1n) is 9.38. The normalized spacial score (nSPS) is 18.0. The number of hydrogen-bond donors (Lipinski definition) is 1. The van der Waals surface area contributed by atoms with Crippen molar-refractivity contribution < 1.29 is 13.9 Å². The molecule has 6 heteroatoms. The number of rotatable bonds is 7.